The second kappa shape index (κ2) is 6.21. The first-order valence-corrected chi connectivity index (χ1v) is 10.5. The summed E-state index contributed by atoms with van der Waals surface area (Å²) in [5.74, 6) is 1.04. The maximum Gasteiger partial charge on any atom is 0.251 e. The van der Waals surface area contributed by atoms with Crippen LogP contribution in [0.25, 0.3) is 0 Å². The molecule has 0 unspecified atom stereocenters. The molecule has 0 aromatic carbocycles. The van der Waals surface area contributed by atoms with E-state index in [9.17, 15) is 18.3 Å². The van der Waals surface area contributed by atoms with Crippen molar-refractivity contribution in [2.75, 3.05) is 30.9 Å². The molecule has 3 atom stereocenters. The summed E-state index contributed by atoms with van der Waals surface area (Å²) >= 11 is 0. The summed E-state index contributed by atoms with van der Waals surface area (Å²) < 4.78 is 25.0. The van der Waals surface area contributed by atoms with Gasteiger partial charge in [0.25, 0.3) is 5.56 Å². The zero-order valence-corrected chi connectivity index (χ0v) is 15.3. The van der Waals surface area contributed by atoms with Gasteiger partial charge in [-0.25, -0.2) is 13.4 Å². The normalized spacial score (nSPS) is 25.0. The van der Waals surface area contributed by atoms with Crippen molar-refractivity contribution in [3.05, 3.63) is 52.6 Å². The van der Waals surface area contributed by atoms with Gasteiger partial charge < -0.3 is 14.6 Å². The Morgan fingerprint density at radius 2 is 2.04 bits per heavy atom. The lowest BCUT2D eigenvalue weighted by atomic mass is 9.78. The molecular weight excluding hydrogens is 354 g/mol. The maximum absolute atomic E-state index is 12.3. The van der Waals surface area contributed by atoms with Gasteiger partial charge >= 0.3 is 0 Å². The highest BCUT2D eigenvalue weighted by Gasteiger charge is 2.40. The lowest BCUT2D eigenvalue weighted by Gasteiger charge is -2.46. The van der Waals surface area contributed by atoms with Crippen LogP contribution < -0.4 is 10.5 Å². The Kier molecular flexibility index (Phi) is 4.11. The third kappa shape index (κ3) is 2.83. The summed E-state index contributed by atoms with van der Waals surface area (Å²) in [5.41, 5.74) is 0.880. The second-order valence-corrected chi connectivity index (χ2v) is 9.15. The molecule has 26 heavy (non-hydrogen) atoms. The van der Waals surface area contributed by atoms with Gasteiger partial charge in [-0.2, -0.15) is 0 Å². The highest BCUT2D eigenvalue weighted by Crippen LogP contribution is 2.41. The van der Waals surface area contributed by atoms with Crippen LogP contribution in [-0.4, -0.2) is 49.0 Å². The van der Waals surface area contributed by atoms with Gasteiger partial charge in [0.05, 0.1) is 17.5 Å². The summed E-state index contributed by atoms with van der Waals surface area (Å²) in [7, 11) is -3.27. The average Bonchev–Trinajstić information content (AvgIpc) is 2.62. The van der Waals surface area contributed by atoms with Crippen molar-refractivity contribution in [3.8, 4) is 0 Å². The molecule has 0 radical (unpaired) electrons. The van der Waals surface area contributed by atoms with Crippen LogP contribution in [0.3, 0.4) is 0 Å². The monoisotopic (exact) mass is 375 g/mol. The fourth-order valence-electron chi connectivity index (χ4n) is 4.24. The number of sulfone groups is 1. The highest BCUT2D eigenvalue weighted by molar-refractivity contribution is 7.90. The first-order valence-electron chi connectivity index (χ1n) is 8.62. The van der Waals surface area contributed by atoms with Gasteiger partial charge in [0.15, 0.2) is 9.84 Å². The van der Waals surface area contributed by atoms with Gasteiger partial charge in [0.1, 0.15) is 5.82 Å². The molecule has 7 nitrogen and oxygen atoms in total. The van der Waals surface area contributed by atoms with E-state index in [1.807, 2.05) is 6.07 Å². The molecule has 1 saturated heterocycles. The number of aliphatic hydroxyl groups is 1. The van der Waals surface area contributed by atoms with E-state index in [4.69, 9.17) is 0 Å². The van der Waals surface area contributed by atoms with Crippen molar-refractivity contribution in [3.63, 3.8) is 0 Å². The number of anilines is 1. The van der Waals surface area contributed by atoms with E-state index in [1.165, 1.54) is 12.3 Å². The SMILES string of the molecule is CS(=O)(=O)c1ccc(N2C[C@H]3C[C@@H](C2)[C@H](CO)n2c3cccc2=O)nc1. The number of hydrogen-bond acceptors (Lipinski definition) is 6. The predicted octanol–water partition coefficient (Wildman–Crippen LogP) is 0.804. The summed E-state index contributed by atoms with van der Waals surface area (Å²) in [6.07, 6.45) is 3.47. The Morgan fingerprint density at radius 3 is 2.69 bits per heavy atom. The van der Waals surface area contributed by atoms with E-state index >= 15 is 0 Å². The quantitative estimate of drug-likeness (QED) is 0.853. The minimum Gasteiger partial charge on any atom is -0.394 e. The second-order valence-electron chi connectivity index (χ2n) is 7.13. The lowest BCUT2D eigenvalue weighted by molar-refractivity contribution is 0.132. The first-order chi connectivity index (χ1) is 12.4. The van der Waals surface area contributed by atoms with Crippen molar-refractivity contribution >= 4 is 15.7 Å². The Balaban J connectivity index is 1.69. The van der Waals surface area contributed by atoms with E-state index in [2.05, 4.69) is 9.88 Å². The molecule has 8 heteroatoms. The fraction of sp³-hybridized carbons (Fsp3) is 0.444. The number of pyridine rings is 2. The third-order valence-electron chi connectivity index (χ3n) is 5.46. The summed E-state index contributed by atoms with van der Waals surface area (Å²) in [4.78, 5) is 19.0. The Labute approximate surface area is 151 Å². The molecule has 0 aliphatic carbocycles. The first kappa shape index (κ1) is 17.2. The zero-order chi connectivity index (χ0) is 18.5. The van der Waals surface area contributed by atoms with Crippen molar-refractivity contribution in [2.24, 2.45) is 5.92 Å². The standard InChI is InChI=1S/C18H21N3O4S/c1-26(24,25)14-5-6-17(19-8-14)20-9-12-7-13(10-20)16(11-22)21-15(12)3-2-4-18(21)23/h2-6,8,12-13,16,22H,7,9-11H2,1H3/t12-,13+,16+/m1/s1. The molecule has 4 heterocycles. The molecule has 2 aliphatic heterocycles. The number of piperidine rings is 1. The average molecular weight is 375 g/mol. The molecule has 0 saturated carbocycles. The van der Waals surface area contributed by atoms with Crippen molar-refractivity contribution in [1.29, 1.82) is 0 Å². The molecule has 2 bridgehead atoms. The van der Waals surface area contributed by atoms with E-state index in [1.54, 1.807) is 22.8 Å². The van der Waals surface area contributed by atoms with Crippen LogP contribution in [0.15, 0.2) is 46.2 Å². The Hall–Kier alpha value is -2.19. The number of rotatable bonds is 3. The molecule has 1 fully saturated rings. The van der Waals surface area contributed by atoms with Crippen molar-refractivity contribution < 1.29 is 13.5 Å². The van der Waals surface area contributed by atoms with Gasteiger partial charge in [0.2, 0.25) is 0 Å². The Bertz CT molecular complexity index is 984. The third-order valence-corrected chi connectivity index (χ3v) is 6.56. The molecule has 0 spiro atoms. The number of nitrogens with zero attached hydrogens (tertiary/aromatic N) is 3. The van der Waals surface area contributed by atoms with E-state index < -0.39 is 9.84 Å². The molecule has 2 aromatic rings. The van der Waals surface area contributed by atoms with Gasteiger partial charge in [-0.3, -0.25) is 4.79 Å². The lowest BCUT2D eigenvalue weighted by Crippen LogP contribution is -2.50. The number of aliphatic hydroxyl groups excluding tert-OH is 1. The van der Waals surface area contributed by atoms with Crippen LogP contribution in [0.4, 0.5) is 5.82 Å². The van der Waals surface area contributed by atoms with Gasteiger partial charge in [0, 0.05) is 49.1 Å². The number of fused-ring (bicyclic) bond motifs is 4. The summed E-state index contributed by atoms with van der Waals surface area (Å²) in [6.45, 7) is 1.31. The molecule has 138 valence electrons. The fourth-order valence-corrected chi connectivity index (χ4v) is 4.80. The van der Waals surface area contributed by atoms with E-state index in [0.717, 1.165) is 24.2 Å². The van der Waals surface area contributed by atoms with Crippen LogP contribution in [0, 0.1) is 5.92 Å². The van der Waals surface area contributed by atoms with Crippen LogP contribution >= 0.6 is 0 Å². The van der Waals surface area contributed by atoms with Crippen LogP contribution in [-0.2, 0) is 9.84 Å². The molecule has 2 aliphatic rings. The van der Waals surface area contributed by atoms with Gasteiger partial charge in [-0.15, -0.1) is 0 Å². The molecule has 1 N–H and O–H groups in total. The van der Waals surface area contributed by atoms with E-state index in [0.29, 0.717) is 13.1 Å². The number of aromatic nitrogens is 2. The largest absolute Gasteiger partial charge is 0.394 e. The van der Waals surface area contributed by atoms with Crippen molar-refractivity contribution in [2.45, 2.75) is 23.3 Å². The van der Waals surface area contributed by atoms with Gasteiger partial charge in [-0.1, -0.05) is 6.07 Å². The predicted molar refractivity (Wildman–Crippen MR) is 97.2 cm³/mol. The van der Waals surface area contributed by atoms with Crippen LogP contribution in [0.2, 0.25) is 0 Å². The Morgan fingerprint density at radius 1 is 1.23 bits per heavy atom. The highest BCUT2D eigenvalue weighted by atomic mass is 32.2. The van der Waals surface area contributed by atoms with Gasteiger partial charge in [-0.05, 0) is 24.6 Å². The summed E-state index contributed by atoms with van der Waals surface area (Å²) in [5, 5.41) is 9.90. The minimum atomic E-state index is -3.27. The molecule has 0 amide bonds. The van der Waals surface area contributed by atoms with E-state index in [-0.39, 0.29) is 34.9 Å². The zero-order valence-electron chi connectivity index (χ0n) is 14.4. The minimum absolute atomic E-state index is 0.0691. The van der Waals surface area contributed by atoms with Crippen molar-refractivity contribution in [1.82, 2.24) is 9.55 Å². The molecule has 2 aromatic heterocycles. The van der Waals surface area contributed by atoms with Crippen LogP contribution in [0.5, 0.6) is 0 Å². The van der Waals surface area contributed by atoms with Crippen LogP contribution in [0.1, 0.15) is 24.1 Å². The number of hydrogen-bond donors (Lipinski definition) is 1. The molecule has 4 rings (SSSR count). The molecular formula is C18H21N3O4S. The maximum atomic E-state index is 12.3. The smallest absolute Gasteiger partial charge is 0.251 e. The topological polar surface area (TPSA) is 92.5 Å². The summed E-state index contributed by atoms with van der Waals surface area (Å²) in [6, 6.07) is 8.31.